The van der Waals surface area contributed by atoms with E-state index in [2.05, 4.69) is 20.7 Å². The molecular weight excluding hydrogens is 486 g/mol. The van der Waals surface area contributed by atoms with Crippen molar-refractivity contribution in [1.29, 1.82) is 0 Å². The van der Waals surface area contributed by atoms with E-state index >= 15 is 0 Å². The quantitative estimate of drug-likeness (QED) is 0.282. The highest BCUT2D eigenvalue weighted by molar-refractivity contribution is 5.83. The van der Waals surface area contributed by atoms with E-state index in [1.807, 2.05) is 54.6 Å². The topological polar surface area (TPSA) is 109 Å². The lowest BCUT2D eigenvalue weighted by atomic mass is 10.1. The molecule has 0 saturated heterocycles. The first-order chi connectivity index (χ1) is 18.6. The molecule has 0 fully saturated rings. The molecule has 0 aliphatic carbocycles. The van der Waals surface area contributed by atoms with E-state index in [9.17, 15) is 4.79 Å². The zero-order valence-electron chi connectivity index (χ0n) is 21.9. The number of aromatic nitrogens is 3. The maximum atomic E-state index is 13.4. The summed E-state index contributed by atoms with van der Waals surface area (Å²) in [5.74, 6) is 2.97. The number of rotatable bonds is 12. The molecule has 0 amide bonds. The van der Waals surface area contributed by atoms with Gasteiger partial charge >= 0.3 is 0 Å². The summed E-state index contributed by atoms with van der Waals surface area (Å²) in [6, 6.07) is 20.7. The van der Waals surface area contributed by atoms with Gasteiger partial charge in [0.05, 0.1) is 34.9 Å². The van der Waals surface area contributed by atoms with Crippen LogP contribution in [0.5, 0.6) is 23.0 Å². The minimum atomic E-state index is -0.266. The lowest BCUT2D eigenvalue weighted by Crippen LogP contribution is -2.19. The molecule has 0 radical (unpaired) electrons. The number of nitrogens with one attached hydrogen (secondary N) is 2. The Labute approximate surface area is 221 Å². The van der Waals surface area contributed by atoms with Gasteiger partial charge in [0.25, 0.3) is 5.91 Å². The molecule has 0 atom stereocenters. The Bertz CT molecular complexity index is 1390. The van der Waals surface area contributed by atoms with Crippen molar-refractivity contribution in [2.24, 2.45) is 0 Å². The Morgan fingerprint density at radius 3 is 1.92 bits per heavy atom. The summed E-state index contributed by atoms with van der Waals surface area (Å²) < 4.78 is 22.8. The van der Waals surface area contributed by atoms with E-state index in [1.165, 1.54) is 4.68 Å². The third-order valence-electron chi connectivity index (χ3n) is 5.91. The van der Waals surface area contributed by atoms with Gasteiger partial charge in [0.1, 0.15) is 11.5 Å². The van der Waals surface area contributed by atoms with Crippen LogP contribution in [0.1, 0.15) is 21.5 Å². The van der Waals surface area contributed by atoms with Crippen LogP contribution in [0.3, 0.4) is 0 Å². The molecule has 2 N–H and O–H groups in total. The maximum Gasteiger partial charge on any atom is 0.254 e. The summed E-state index contributed by atoms with van der Waals surface area (Å²) >= 11 is 0. The SMILES string of the molecule is COc1ccccc1CNc1nc(NCc2ccccc2OC)n(C(=O)Cc2ccc(OC)c(OC)c2)n1. The summed E-state index contributed by atoms with van der Waals surface area (Å²) in [6.07, 6.45) is 0.0823. The monoisotopic (exact) mass is 517 g/mol. The second-order valence-corrected chi connectivity index (χ2v) is 8.26. The fraction of sp³-hybridized carbons (Fsp3) is 0.250. The van der Waals surface area contributed by atoms with Crippen molar-refractivity contribution < 1.29 is 23.7 Å². The largest absolute Gasteiger partial charge is 0.496 e. The van der Waals surface area contributed by atoms with Gasteiger partial charge in [0.2, 0.25) is 11.9 Å². The van der Waals surface area contributed by atoms with E-state index < -0.39 is 0 Å². The van der Waals surface area contributed by atoms with Gasteiger partial charge in [-0.15, -0.1) is 5.10 Å². The molecule has 10 nitrogen and oxygen atoms in total. The van der Waals surface area contributed by atoms with Gasteiger partial charge in [-0.25, -0.2) is 0 Å². The first kappa shape index (κ1) is 26.3. The van der Waals surface area contributed by atoms with Gasteiger partial charge in [-0.05, 0) is 29.8 Å². The number of benzene rings is 3. The normalized spacial score (nSPS) is 10.5. The van der Waals surface area contributed by atoms with Crippen LogP contribution in [0.15, 0.2) is 66.7 Å². The van der Waals surface area contributed by atoms with E-state index in [1.54, 1.807) is 40.6 Å². The lowest BCUT2D eigenvalue weighted by Gasteiger charge is -2.11. The van der Waals surface area contributed by atoms with Gasteiger partial charge in [-0.3, -0.25) is 4.79 Å². The minimum absolute atomic E-state index is 0.0823. The van der Waals surface area contributed by atoms with Gasteiger partial charge < -0.3 is 29.6 Å². The average molecular weight is 518 g/mol. The summed E-state index contributed by atoms with van der Waals surface area (Å²) in [7, 11) is 6.37. The minimum Gasteiger partial charge on any atom is -0.496 e. The highest BCUT2D eigenvalue weighted by Gasteiger charge is 2.18. The Balaban J connectivity index is 1.58. The lowest BCUT2D eigenvalue weighted by molar-refractivity contribution is 0.0901. The fourth-order valence-corrected chi connectivity index (χ4v) is 3.96. The predicted molar refractivity (Wildman–Crippen MR) is 145 cm³/mol. The standard InChI is InChI=1S/C28H31N5O5/c1-35-22-11-7-5-9-20(22)17-29-27-31-28(30-18-21-10-6-8-12-23(21)36-2)33(32-27)26(34)16-19-13-14-24(37-3)25(15-19)38-4/h5-15H,16-18H2,1-4H3,(H2,29,30,31,32). The Kier molecular flexibility index (Phi) is 8.65. The Hall–Kier alpha value is -4.73. The number of hydrogen-bond donors (Lipinski definition) is 2. The average Bonchev–Trinajstić information content (AvgIpc) is 3.38. The molecule has 0 bridgehead atoms. The Morgan fingerprint density at radius 1 is 0.737 bits per heavy atom. The van der Waals surface area contributed by atoms with Crippen LogP contribution in [0.4, 0.5) is 11.9 Å². The summed E-state index contributed by atoms with van der Waals surface area (Å²) in [6.45, 7) is 0.808. The van der Waals surface area contributed by atoms with Crippen molar-refractivity contribution in [1.82, 2.24) is 14.8 Å². The van der Waals surface area contributed by atoms with Crippen molar-refractivity contribution in [3.05, 3.63) is 83.4 Å². The van der Waals surface area contributed by atoms with Crippen molar-refractivity contribution >= 4 is 17.8 Å². The van der Waals surface area contributed by atoms with Crippen molar-refractivity contribution in [2.75, 3.05) is 39.1 Å². The van der Waals surface area contributed by atoms with E-state index in [0.29, 0.717) is 36.5 Å². The molecule has 0 spiro atoms. The third kappa shape index (κ3) is 6.15. The molecule has 0 aliphatic rings. The van der Waals surface area contributed by atoms with Crippen molar-refractivity contribution in [3.8, 4) is 23.0 Å². The molecule has 4 aromatic rings. The molecule has 0 saturated carbocycles. The molecule has 3 aromatic carbocycles. The van der Waals surface area contributed by atoms with Crippen LogP contribution in [-0.2, 0) is 19.5 Å². The van der Waals surface area contributed by atoms with Gasteiger partial charge in [-0.2, -0.15) is 9.67 Å². The van der Waals surface area contributed by atoms with E-state index in [0.717, 1.165) is 28.2 Å². The second-order valence-electron chi connectivity index (χ2n) is 8.26. The van der Waals surface area contributed by atoms with Crippen LogP contribution in [0.25, 0.3) is 0 Å². The Morgan fingerprint density at radius 2 is 1.32 bits per heavy atom. The number of carbonyl (C=O) groups excluding carboxylic acids is 1. The van der Waals surface area contributed by atoms with Gasteiger partial charge in [0, 0.05) is 24.2 Å². The van der Waals surface area contributed by atoms with Crippen molar-refractivity contribution in [2.45, 2.75) is 19.5 Å². The number of ether oxygens (including phenoxy) is 4. The van der Waals surface area contributed by atoms with Crippen LogP contribution in [0, 0.1) is 0 Å². The van der Waals surface area contributed by atoms with E-state index in [-0.39, 0.29) is 12.3 Å². The van der Waals surface area contributed by atoms with Crippen molar-refractivity contribution in [3.63, 3.8) is 0 Å². The van der Waals surface area contributed by atoms with Gasteiger partial charge in [-0.1, -0.05) is 42.5 Å². The highest BCUT2D eigenvalue weighted by atomic mass is 16.5. The van der Waals surface area contributed by atoms with E-state index in [4.69, 9.17) is 18.9 Å². The zero-order chi connectivity index (χ0) is 26.9. The summed E-state index contributed by atoms with van der Waals surface area (Å²) in [5, 5.41) is 10.9. The molecule has 198 valence electrons. The smallest absolute Gasteiger partial charge is 0.254 e. The number of methoxy groups -OCH3 is 4. The molecule has 4 rings (SSSR count). The molecule has 1 heterocycles. The number of anilines is 2. The number of nitrogens with zero attached hydrogens (tertiary/aromatic N) is 3. The molecule has 1 aromatic heterocycles. The van der Waals surface area contributed by atoms with Crippen LogP contribution < -0.4 is 29.6 Å². The van der Waals surface area contributed by atoms with Crippen LogP contribution in [0.2, 0.25) is 0 Å². The molecule has 38 heavy (non-hydrogen) atoms. The molecule has 0 unspecified atom stereocenters. The molecule has 0 aliphatic heterocycles. The van der Waals surface area contributed by atoms with Gasteiger partial charge in [0.15, 0.2) is 11.5 Å². The number of para-hydroxylation sites is 2. The first-order valence-electron chi connectivity index (χ1n) is 12.0. The first-order valence-corrected chi connectivity index (χ1v) is 12.0. The summed E-state index contributed by atoms with van der Waals surface area (Å²) in [4.78, 5) is 17.9. The second kappa shape index (κ2) is 12.5. The van der Waals surface area contributed by atoms with Crippen LogP contribution >= 0.6 is 0 Å². The highest BCUT2D eigenvalue weighted by Crippen LogP contribution is 2.28. The molecule has 10 heteroatoms. The fourth-order valence-electron chi connectivity index (χ4n) is 3.96. The predicted octanol–water partition coefficient (Wildman–Crippen LogP) is 4.42. The zero-order valence-corrected chi connectivity index (χ0v) is 21.9. The maximum absolute atomic E-state index is 13.4. The number of carbonyl (C=O) groups is 1. The molecular formula is C28H31N5O5. The third-order valence-corrected chi connectivity index (χ3v) is 5.91. The summed E-state index contributed by atoms with van der Waals surface area (Å²) in [5.41, 5.74) is 2.61. The van der Waals surface area contributed by atoms with Crippen LogP contribution in [-0.4, -0.2) is 49.1 Å². The number of hydrogen-bond acceptors (Lipinski definition) is 9.